The van der Waals surface area contributed by atoms with Gasteiger partial charge in [-0.25, -0.2) is 9.48 Å². The van der Waals surface area contributed by atoms with Crippen LogP contribution in [-0.2, 0) is 22.5 Å². The summed E-state index contributed by atoms with van der Waals surface area (Å²) >= 11 is 1.88. The molecule has 2 fully saturated rings. The molecule has 3 unspecified atom stereocenters. The fourth-order valence-electron chi connectivity index (χ4n) is 4.22. The summed E-state index contributed by atoms with van der Waals surface area (Å²) in [6.07, 6.45) is 13.3. The molecule has 174 valence electrons. The van der Waals surface area contributed by atoms with E-state index in [4.69, 9.17) is 4.74 Å². The quantitative estimate of drug-likeness (QED) is 0.304. The van der Waals surface area contributed by atoms with Gasteiger partial charge >= 0.3 is 6.03 Å². The van der Waals surface area contributed by atoms with Gasteiger partial charge in [-0.05, 0) is 37.7 Å². The van der Waals surface area contributed by atoms with E-state index in [0.29, 0.717) is 38.0 Å². The predicted molar refractivity (Wildman–Crippen MR) is 123 cm³/mol. The molecule has 1 aromatic heterocycles. The van der Waals surface area contributed by atoms with Crippen LogP contribution < -0.4 is 16.0 Å². The second kappa shape index (κ2) is 11.5. The van der Waals surface area contributed by atoms with E-state index in [1.165, 1.54) is 5.57 Å². The van der Waals surface area contributed by atoms with Gasteiger partial charge in [-0.3, -0.25) is 4.79 Å². The third kappa shape index (κ3) is 6.59. The van der Waals surface area contributed by atoms with Crippen LogP contribution in [0, 0.1) is 0 Å². The van der Waals surface area contributed by atoms with E-state index in [1.807, 2.05) is 18.0 Å². The van der Waals surface area contributed by atoms with E-state index in [0.717, 1.165) is 43.6 Å². The Morgan fingerprint density at radius 1 is 1.34 bits per heavy atom. The number of rotatable bonds is 13. The van der Waals surface area contributed by atoms with Crippen LogP contribution >= 0.6 is 11.8 Å². The largest absolute Gasteiger partial charge is 0.375 e. The fourth-order valence-corrected chi connectivity index (χ4v) is 5.76. The average Bonchev–Trinajstić information content (AvgIpc) is 3.56. The second-order valence-corrected chi connectivity index (χ2v) is 9.68. The number of aromatic nitrogens is 3. The number of nitrogens with zero attached hydrogens (tertiary/aromatic N) is 3. The van der Waals surface area contributed by atoms with E-state index < -0.39 is 0 Å². The first-order chi connectivity index (χ1) is 15.7. The summed E-state index contributed by atoms with van der Waals surface area (Å²) in [5.41, 5.74) is 2.16. The van der Waals surface area contributed by atoms with Crippen molar-refractivity contribution in [3.05, 3.63) is 35.7 Å². The van der Waals surface area contributed by atoms with Crippen LogP contribution in [0.4, 0.5) is 4.79 Å². The number of thioether (sulfide) groups is 1. The van der Waals surface area contributed by atoms with Gasteiger partial charge in [-0.2, -0.15) is 11.8 Å². The third-order valence-electron chi connectivity index (χ3n) is 5.93. The molecule has 2 aliphatic heterocycles. The number of ether oxygens (including phenoxy) is 1. The van der Waals surface area contributed by atoms with E-state index in [1.54, 1.807) is 4.68 Å². The zero-order valence-electron chi connectivity index (χ0n) is 18.3. The molecule has 2 saturated heterocycles. The summed E-state index contributed by atoms with van der Waals surface area (Å²) in [5.74, 6) is 1.04. The number of hydrogen-bond donors (Lipinski definition) is 3. The van der Waals surface area contributed by atoms with Crippen LogP contribution in [-0.4, -0.2) is 69.8 Å². The van der Waals surface area contributed by atoms with Gasteiger partial charge in [0.05, 0.1) is 37.5 Å². The van der Waals surface area contributed by atoms with Gasteiger partial charge in [-0.1, -0.05) is 23.4 Å². The van der Waals surface area contributed by atoms with Crippen molar-refractivity contribution in [3.8, 4) is 0 Å². The topological polar surface area (TPSA) is 110 Å². The molecule has 3 amide bonds. The molecule has 3 atom stereocenters. The van der Waals surface area contributed by atoms with Gasteiger partial charge in [0, 0.05) is 30.2 Å². The molecule has 0 spiro atoms. The molecule has 1 aliphatic carbocycles. The van der Waals surface area contributed by atoms with Gasteiger partial charge in [0.25, 0.3) is 0 Å². The SMILES string of the molecule is O=C(CCCC1SCC2NC(=O)NC21)NCCCc1cn(CCOCC2=CCC=C2)nn1. The monoisotopic (exact) mass is 460 g/mol. The van der Waals surface area contributed by atoms with Crippen molar-refractivity contribution in [2.24, 2.45) is 0 Å². The van der Waals surface area contributed by atoms with Crippen LogP contribution in [0.2, 0.25) is 0 Å². The molecule has 3 heterocycles. The number of hydrogen-bond acceptors (Lipinski definition) is 6. The molecule has 10 heteroatoms. The first kappa shape index (κ1) is 22.8. The van der Waals surface area contributed by atoms with E-state index in [-0.39, 0.29) is 24.0 Å². The number of urea groups is 1. The average molecular weight is 461 g/mol. The van der Waals surface area contributed by atoms with Crippen molar-refractivity contribution < 1.29 is 14.3 Å². The zero-order valence-corrected chi connectivity index (χ0v) is 19.1. The summed E-state index contributed by atoms with van der Waals surface area (Å²) in [7, 11) is 0. The Morgan fingerprint density at radius 3 is 3.16 bits per heavy atom. The van der Waals surface area contributed by atoms with Crippen molar-refractivity contribution in [2.75, 3.05) is 25.5 Å². The molecular formula is C22H32N6O3S. The standard InChI is InChI=1S/C22H32N6O3S/c29-20(9-3-8-19-21-18(15-32-19)24-22(30)25-21)23-10-4-7-17-13-28(27-26-17)11-12-31-14-16-5-1-2-6-16/h1,5-6,13,18-19,21H,2-4,7-12,14-15H2,(H,23,29)(H2,24,25,30). The van der Waals surface area contributed by atoms with Crippen LogP contribution in [0.1, 0.15) is 37.8 Å². The lowest BCUT2D eigenvalue weighted by molar-refractivity contribution is -0.121. The first-order valence-corrected chi connectivity index (χ1v) is 12.5. The lowest BCUT2D eigenvalue weighted by Gasteiger charge is -2.16. The maximum absolute atomic E-state index is 12.1. The van der Waals surface area contributed by atoms with Gasteiger partial charge in [0.1, 0.15) is 0 Å². The Morgan fingerprint density at radius 2 is 2.28 bits per heavy atom. The molecule has 9 nitrogen and oxygen atoms in total. The number of nitrogens with one attached hydrogen (secondary N) is 3. The smallest absolute Gasteiger partial charge is 0.315 e. The van der Waals surface area contributed by atoms with Gasteiger partial charge in [-0.15, -0.1) is 5.10 Å². The van der Waals surface area contributed by atoms with Gasteiger partial charge in [0.2, 0.25) is 5.91 Å². The number of allylic oxidation sites excluding steroid dienone is 2. The maximum atomic E-state index is 12.1. The highest BCUT2D eigenvalue weighted by Gasteiger charge is 2.42. The minimum Gasteiger partial charge on any atom is -0.375 e. The molecule has 0 bridgehead atoms. The van der Waals surface area contributed by atoms with Crippen molar-refractivity contribution in [3.63, 3.8) is 0 Å². The number of carbonyl (C=O) groups is 2. The van der Waals surface area contributed by atoms with Crippen molar-refractivity contribution >= 4 is 23.7 Å². The minimum absolute atomic E-state index is 0.0636. The number of carbonyl (C=O) groups excluding carboxylic acids is 2. The Kier molecular flexibility index (Phi) is 8.22. The number of fused-ring (bicyclic) bond motifs is 1. The normalized spacial score (nSPS) is 23.7. The van der Waals surface area contributed by atoms with Crippen LogP contribution in [0.3, 0.4) is 0 Å². The summed E-state index contributed by atoms with van der Waals surface area (Å²) in [6.45, 7) is 2.57. The minimum atomic E-state index is -0.0636. The predicted octanol–water partition coefficient (Wildman–Crippen LogP) is 1.57. The Hall–Kier alpha value is -2.33. The third-order valence-corrected chi connectivity index (χ3v) is 7.44. The van der Waals surface area contributed by atoms with E-state index in [9.17, 15) is 9.59 Å². The lowest BCUT2D eigenvalue weighted by atomic mass is 10.0. The van der Waals surface area contributed by atoms with Crippen molar-refractivity contribution in [1.29, 1.82) is 0 Å². The highest BCUT2D eigenvalue weighted by Crippen LogP contribution is 2.33. The zero-order chi connectivity index (χ0) is 22.2. The molecule has 3 aliphatic rings. The van der Waals surface area contributed by atoms with E-state index >= 15 is 0 Å². The highest BCUT2D eigenvalue weighted by atomic mass is 32.2. The van der Waals surface area contributed by atoms with Crippen molar-refractivity contribution in [1.82, 2.24) is 30.9 Å². The van der Waals surface area contributed by atoms with Crippen LogP contribution in [0.5, 0.6) is 0 Å². The Balaban J connectivity index is 1.02. The fraction of sp³-hybridized carbons (Fsp3) is 0.636. The summed E-state index contributed by atoms with van der Waals surface area (Å²) in [4.78, 5) is 23.5. The summed E-state index contributed by atoms with van der Waals surface area (Å²) in [6, 6.07) is 0.382. The molecule has 32 heavy (non-hydrogen) atoms. The molecule has 1 aromatic rings. The molecule has 4 rings (SSSR count). The van der Waals surface area contributed by atoms with Crippen molar-refractivity contribution in [2.45, 2.75) is 62.4 Å². The van der Waals surface area contributed by atoms with Gasteiger partial charge < -0.3 is 20.7 Å². The molecule has 3 N–H and O–H groups in total. The summed E-state index contributed by atoms with van der Waals surface area (Å²) < 4.78 is 7.47. The van der Waals surface area contributed by atoms with Gasteiger partial charge in [0.15, 0.2) is 0 Å². The molecular weight excluding hydrogens is 428 g/mol. The molecule has 0 radical (unpaired) electrons. The number of amides is 3. The number of aryl methyl sites for hydroxylation is 1. The van der Waals surface area contributed by atoms with Crippen LogP contribution in [0.25, 0.3) is 0 Å². The van der Waals surface area contributed by atoms with E-state index in [2.05, 4.69) is 44.5 Å². The Bertz CT molecular complexity index is 854. The lowest BCUT2D eigenvalue weighted by Crippen LogP contribution is -2.37. The molecule has 0 saturated carbocycles. The second-order valence-electron chi connectivity index (χ2n) is 8.41. The Labute approximate surface area is 192 Å². The summed E-state index contributed by atoms with van der Waals surface area (Å²) in [5, 5.41) is 17.7. The maximum Gasteiger partial charge on any atom is 0.315 e. The first-order valence-electron chi connectivity index (χ1n) is 11.4. The molecule has 0 aromatic carbocycles. The van der Waals surface area contributed by atoms with Crippen LogP contribution in [0.15, 0.2) is 30.0 Å². The highest BCUT2D eigenvalue weighted by molar-refractivity contribution is 8.00.